The van der Waals surface area contributed by atoms with Gasteiger partial charge >= 0.3 is 0 Å². The van der Waals surface area contributed by atoms with Gasteiger partial charge in [-0.1, -0.05) is 13.8 Å². The first kappa shape index (κ1) is 12.5. The van der Waals surface area contributed by atoms with E-state index in [0.717, 1.165) is 11.4 Å². The summed E-state index contributed by atoms with van der Waals surface area (Å²) in [6.07, 6.45) is 1.68. The van der Waals surface area contributed by atoms with Crippen LogP contribution in [0.15, 0.2) is 29.4 Å². The van der Waals surface area contributed by atoms with Crippen molar-refractivity contribution < 1.29 is 5.11 Å². The lowest BCUT2D eigenvalue weighted by molar-refractivity contribution is 0.475. The van der Waals surface area contributed by atoms with E-state index in [1.165, 1.54) is 0 Å². The molecule has 2 rings (SSSR count). The van der Waals surface area contributed by atoms with Crippen molar-refractivity contribution in [2.75, 3.05) is 0 Å². The molecule has 1 heterocycles. The Bertz CT molecular complexity index is 610. The molecule has 5 nitrogen and oxygen atoms in total. The fraction of sp³-hybridized carbons (Fsp3) is 0.250. The van der Waals surface area contributed by atoms with Gasteiger partial charge in [0.25, 0.3) is 0 Å². The molecule has 0 saturated carbocycles. The van der Waals surface area contributed by atoms with Crippen LogP contribution in [0.3, 0.4) is 0 Å². The van der Waals surface area contributed by atoms with E-state index in [1.54, 1.807) is 35.2 Å². The van der Waals surface area contributed by atoms with Crippen molar-refractivity contribution >= 4 is 18.4 Å². The Balaban J connectivity index is 2.31. The van der Waals surface area contributed by atoms with E-state index in [-0.39, 0.29) is 11.7 Å². The van der Waals surface area contributed by atoms with E-state index < -0.39 is 0 Å². The molecule has 0 unspecified atom stereocenters. The molecule has 0 amide bonds. The normalized spacial score (nSPS) is 11.5. The van der Waals surface area contributed by atoms with Crippen molar-refractivity contribution in [1.29, 1.82) is 0 Å². The molecule has 0 aliphatic carbocycles. The summed E-state index contributed by atoms with van der Waals surface area (Å²) in [5.74, 6) is 1.25. The third-order valence-electron chi connectivity index (χ3n) is 2.41. The van der Waals surface area contributed by atoms with Gasteiger partial charge in [-0.05, 0) is 42.0 Å². The molecule has 94 valence electrons. The van der Waals surface area contributed by atoms with E-state index in [9.17, 15) is 5.11 Å². The minimum Gasteiger partial charge on any atom is -0.508 e. The highest BCUT2D eigenvalue weighted by molar-refractivity contribution is 7.71. The minimum atomic E-state index is 0.231. The van der Waals surface area contributed by atoms with Crippen LogP contribution < -0.4 is 0 Å². The molecule has 0 saturated heterocycles. The average molecular weight is 262 g/mol. The van der Waals surface area contributed by atoms with Gasteiger partial charge in [-0.15, -0.1) is 0 Å². The molecule has 1 aromatic carbocycles. The van der Waals surface area contributed by atoms with Crippen LogP contribution in [0, 0.1) is 4.77 Å². The molecule has 0 bridgehead atoms. The van der Waals surface area contributed by atoms with Gasteiger partial charge in [0.1, 0.15) is 5.75 Å². The molecular weight excluding hydrogens is 248 g/mol. The van der Waals surface area contributed by atoms with E-state index in [1.807, 2.05) is 13.8 Å². The van der Waals surface area contributed by atoms with Crippen LogP contribution in [0.25, 0.3) is 0 Å². The van der Waals surface area contributed by atoms with E-state index in [2.05, 4.69) is 15.3 Å². The summed E-state index contributed by atoms with van der Waals surface area (Å²) in [5, 5.41) is 20.3. The summed E-state index contributed by atoms with van der Waals surface area (Å²) in [6, 6.07) is 6.77. The summed E-state index contributed by atoms with van der Waals surface area (Å²) in [4.78, 5) is 0. The molecule has 2 N–H and O–H groups in total. The zero-order valence-electron chi connectivity index (χ0n) is 10.2. The molecule has 0 spiro atoms. The Morgan fingerprint density at radius 2 is 2.06 bits per heavy atom. The van der Waals surface area contributed by atoms with Gasteiger partial charge in [0.15, 0.2) is 5.82 Å². The summed E-state index contributed by atoms with van der Waals surface area (Å²) < 4.78 is 2.07. The molecule has 18 heavy (non-hydrogen) atoms. The van der Waals surface area contributed by atoms with Gasteiger partial charge in [-0.3, -0.25) is 5.10 Å². The minimum absolute atomic E-state index is 0.231. The van der Waals surface area contributed by atoms with Crippen LogP contribution in [0.5, 0.6) is 5.75 Å². The molecule has 0 aliphatic rings. The van der Waals surface area contributed by atoms with Crippen molar-refractivity contribution in [2.45, 2.75) is 19.8 Å². The van der Waals surface area contributed by atoms with Gasteiger partial charge in [0.2, 0.25) is 4.77 Å². The van der Waals surface area contributed by atoms with Crippen molar-refractivity contribution in [3.63, 3.8) is 0 Å². The lowest BCUT2D eigenvalue weighted by Gasteiger charge is -2.02. The number of phenolic OH excluding ortho intramolecular Hbond substituents is 1. The first-order valence-corrected chi connectivity index (χ1v) is 5.99. The number of nitrogens with one attached hydrogen (secondary N) is 1. The maximum absolute atomic E-state index is 9.19. The van der Waals surface area contributed by atoms with Crippen LogP contribution in [-0.2, 0) is 0 Å². The number of aromatic nitrogens is 3. The zero-order chi connectivity index (χ0) is 13.1. The Labute approximate surface area is 110 Å². The molecule has 0 atom stereocenters. The molecule has 2 aromatic rings. The van der Waals surface area contributed by atoms with Crippen LogP contribution in [-0.4, -0.2) is 26.2 Å². The van der Waals surface area contributed by atoms with Gasteiger partial charge in [-0.25, -0.2) is 0 Å². The fourth-order valence-electron chi connectivity index (χ4n) is 1.47. The van der Waals surface area contributed by atoms with Gasteiger partial charge in [-0.2, -0.15) is 14.9 Å². The molecule has 1 aromatic heterocycles. The molecular formula is C12H14N4OS. The number of aromatic amines is 1. The lowest BCUT2D eigenvalue weighted by Crippen LogP contribution is -2.00. The van der Waals surface area contributed by atoms with Crippen molar-refractivity contribution in [3.8, 4) is 5.75 Å². The first-order valence-electron chi connectivity index (χ1n) is 5.58. The standard InChI is InChI=1S/C12H14N4OS/c1-8(2)11-14-15-12(18)16(11)13-7-9-3-5-10(17)6-4-9/h3-8,17H,1-2H3,(H,15,18)/b13-7+. The number of phenols is 1. The topological polar surface area (TPSA) is 66.2 Å². The first-order chi connectivity index (χ1) is 8.58. The quantitative estimate of drug-likeness (QED) is 0.660. The van der Waals surface area contributed by atoms with E-state index in [0.29, 0.717) is 4.77 Å². The third-order valence-corrected chi connectivity index (χ3v) is 2.67. The average Bonchev–Trinajstić information content (AvgIpc) is 2.70. The van der Waals surface area contributed by atoms with Gasteiger partial charge in [0, 0.05) is 5.92 Å². The van der Waals surface area contributed by atoms with Gasteiger partial charge in [0.05, 0.1) is 6.21 Å². The second-order valence-electron chi connectivity index (χ2n) is 4.19. The van der Waals surface area contributed by atoms with Crippen molar-refractivity contribution in [1.82, 2.24) is 14.9 Å². The van der Waals surface area contributed by atoms with Gasteiger partial charge < -0.3 is 5.11 Å². The number of hydrogen-bond acceptors (Lipinski definition) is 4. The SMILES string of the molecule is CC(C)c1n[nH]c(=S)n1/N=C/c1ccc(O)cc1. The molecule has 0 fully saturated rings. The predicted molar refractivity (Wildman–Crippen MR) is 72.6 cm³/mol. The fourth-order valence-corrected chi connectivity index (χ4v) is 1.66. The molecule has 6 heteroatoms. The third kappa shape index (κ3) is 2.65. The second kappa shape index (κ2) is 5.14. The maximum atomic E-state index is 9.19. The Morgan fingerprint density at radius 1 is 1.39 bits per heavy atom. The monoisotopic (exact) mass is 262 g/mol. The maximum Gasteiger partial charge on any atom is 0.216 e. The molecule has 0 radical (unpaired) electrons. The number of nitrogens with zero attached hydrogens (tertiary/aromatic N) is 3. The second-order valence-corrected chi connectivity index (χ2v) is 4.58. The van der Waals surface area contributed by atoms with E-state index in [4.69, 9.17) is 12.2 Å². The summed E-state index contributed by atoms with van der Waals surface area (Å²) >= 11 is 5.12. The highest BCUT2D eigenvalue weighted by atomic mass is 32.1. The van der Waals surface area contributed by atoms with Crippen LogP contribution in [0.2, 0.25) is 0 Å². The summed E-state index contributed by atoms with van der Waals surface area (Å²) in [7, 11) is 0. The predicted octanol–water partition coefficient (Wildman–Crippen LogP) is 2.65. The number of benzene rings is 1. The Kier molecular flexibility index (Phi) is 3.57. The number of hydrogen-bond donors (Lipinski definition) is 2. The highest BCUT2D eigenvalue weighted by Crippen LogP contribution is 2.12. The summed E-state index contributed by atoms with van der Waals surface area (Å²) in [5.41, 5.74) is 0.880. The van der Waals surface area contributed by atoms with Crippen molar-refractivity contribution in [3.05, 3.63) is 40.4 Å². The number of rotatable bonds is 3. The van der Waals surface area contributed by atoms with E-state index >= 15 is 0 Å². The Morgan fingerprint density at radius 3 is 2.67 bits per heavy atom. The zero-order valence-corrected chi connectivity index (χ0v) is 11.0. The largest absolute Gasteiger partial charge is 0.508 e. The van der Waals surface area contributed by atoms with Crippen LogP contribution in [0.1, 0.15) is 31.2 Å². The number of aromatic hydroxyl groups is 1. The smallest absolute Gasteiger partial charge is 0.216 e. The van der Waals surface area contributed by atoms with Crippen LogP contribution >= 0.6 is 12.2 Å². The summed E-state index contributed by atoms with van der Waals surface area (Å²) in [6.45, 7) is 4.05. The molecule has 0 aliphatic heterocycles. The lowest BCUT2D eigenvalue weighted by atomic mass is 10.2. The highest BCUT2D eigenvalue weighted by Gasteiger charge is 2.08. The Hall–Kier alpha value is -1.95. The van der Waals surface area contributed by atoms with Crippen LogP contribution in [0.4, 0.5) is 0 Å². The number of H-pyrrole nitrogens is 1. The van der Waals surface area contributed by atoms with Crippen molar-refractivity contribution in [2.24, 2.45) is 5.10 Å².